The van der Waals surface area contributed by atoms with Gasteiger partial charge in [0.25, 0.3) is 0 Å². The van der Waals surface area contributed by atoms with Crippen molar-refractivity contribution < 1.29 is 9.53 Å². The smallest absolute Gasteiger partial charge is 0.242 e. The maximum absolute atomic E-state index is 12.5. The highest BCUT2D eigenvalue weighted by Gasteiger charge is 2.34. The first-order chi connectivity index (χ1) is 13.1. The standard InChI is InChI=1S/C20H18ClN3O2S/c1-3-19(25)24-17(11-16(23-24)18-5-4-8-27-18)14-10-12-9-13(26-2)6-7-15(12)22-20(14)21/h4-10,17H,3,11H2,1-2H3. The Morgan fingerprint density at radius 1 is 1.37 bits per heavy atom. The van der Waals surface area contributed by atoms with Crippen molar-refractivity contribution in [1.82, 2.24) is 9.99 Å². The summed E-state index contributed by atoms with van der Waals surface area (Å²) in [5, 5.41) is 9.50. The average molecular weight is 400 g/mol. The van der Waals surface area contributed by atoms with E-state index in [0.29, 0.717) is 18.0 Å². The maximum atomic E-state index is 12.5. The van der Waals surface area contributed by atoms with Gasteiger partial charge in [0.1, 0.15) is 10.9 Å². The summed E-state index contributed by atoms with van der Waals surface area (Å²) < 4.78 is 5.31. The number of carbonyl (C=O) groups excluding carboxylic acids is 1. The van der Waals surface area contributed by atoms with Crippen molar-refractivity contribution >= 4 is 45.5 Å². The third-order valence-corrected chi connectivity index (χ3v) is 5.86. The first kappa shape index (κ1) is 17.9. The fourth-order valence-electron chi connectivity index (χ4n) is 3.24. The van der Waals surface area contributed by atoms with Gasteiger partial charge in [0.15, 0.2) is 0 Å². The van der Waals surface area contributed by atoms with Crippen LogP contribution in [0.4, 0.5) is 0 Å². The van der Waals surface area contributed by atoms with Crippen LogP contribution in [0.1, 0.15) is 36.2 Å². The molecule has 2 aromatic heterocycles. The molecule has 0 radical (unpaired) electrons. The fraction of sp³-hybridized carbons (Fsp3) is 0.250. The van der Waals surface area contributed by atoms with Gasteiger partial charge in [-0.1, -0.05) is 24.6 Å². The Hall–Kier alpha value is -2.44. The highest BCUT2D eigenvalue weighted by molar-refractivity contribution is 7.12. The van der Waals surface area contributed by atoms with Gasteiger partial charge in [0.05, 0.1) is 29.3 Å². The zero-order valence-corrected chi connectivity index (χ0v) is 16.5. The Labute approximate surface area is 166 Å². The van der Waals surface area contributed by atoms with Crippen molar-refractivity contribution in [2.75, 3.05) is 7.11 Å². The number of hydrogen-bond donors (Lipinski definition) is 0. The molecule has 0 saturated heterocycles. The normalized spacial score (nSPS) is 16.6. The molecule has 1 unspecified atom stereocenters. The van der Waals surface area contributed by atoms with Gasteiger partial charge in [-0.15, -0.1) is 11.3 Å². The second-order valence-electron chi connectivity index (χ2n) is 6.26. The number of aromatic nitrogens is 1. The number of benzene rings is 1. The molecule has 1 aromatic carbocycles. The number of hydrogen-bond acceptors (Lipinski definition) is 5. The molecule has 0 spiro atoms. The van der Waals surface area contributed by atoms with Crippen molar-refractivity contribution in [3.63, 3.8) is 0 Å². The number of pyridine rings is 1. The van der Waals surface area contributed by atoms with E-state index >= 15 is 0 Å². The zero-order chi connectivity index (χ0) is 19.0. The predicted molar refractivity (Wildman–Crippen MR) is 109 cm³/mol. The summed E-state index contributed by atoms with van der Waals surface area (Å²) in [6.07, 6.45) is 0.993. The molecule has 3 heterocycles. The van der Waals surface area contributed by atoms with Crippen LogP contribution in [0.3, 0.4) is 0 Å². The fourth-order valence-corrected chi connectivity index (χ4v) is 4.24. The number of methoxy groups -OCH3 is 1. The molecule has 138 valence electrons. The summed E-state index contributed by atoms with van der Waals surface area (Å²) in [6.45, 7) is 1.84. The summed E-state index contributed by atoms with van der Waals surface area (Å²) >= 11 is 8.13. The number of nitrogens with zero attached hydrogens (tertiary/aromatic N) is 3. The van der Waals surface area contributed by atoms with E-state index in [4.69, 9.17) is 16.3 Å². The lowest BCUT2D eigenvalue weighted by Crippen LogP contribution is -2.26. The van der Waals surface area contributed by atoms with Gasteiger partial charge in [-0.3, -0.25) is 4.79 Å². The van der Waals surface area contributed by atoms with Crippen LogP contribution >= 0.6 is 22.9 Å². The van der Waals surface area contributed by atoms with Gasteiger partial charge in [0, 0.05) is 23.8 Å². The number of rotatable bonds is 4. The lowest BCUT2D eigenvalue weighted by atomic mass is 10.0. The molecular weight excluding hydrogens is 382 g/mol. The molecule has 0 bridgehead atoms. The number of thiophene rings is 1. The van der Waals surface area contributed by atoms with Gasteiger partial charge in [-0.05, 0) is 35.7 Å². The maximum Gasteiger partial charge on any atom is 0.242 e. The van der Waals surface area contributed by atoms with Crippen LogP contribution in [0.2, 0.25) is 5.15 Å². The summed E-state index contributed by atoms with van der Waals surface area (Å²) in [5.74, 6) is 0.717. The van der Waals surface area contributed by atoms with Gasteiger partial charge in [-0.2, -0.15) is 5.10 Å². The largest absolute Gasteiger partial charge is 0.497 e. The molecule has 5 nitrogen and oxygen atoms in total. The van der Waals surface area contributed by atoms with E-state index in [2.05, 4.69) is 10.1 Å². The van der Waals surface area contributed by atoms with Crippen LogP contribution in [0.5, 0.6) is 5.75 Å². The molecule has 1 aliphatic rings. The molecule has 1 amide bonds. The Balaban J connectivity index is 1.78. The molecule has 0 fully saturated rings. The van der Waals surface area contributed by atoms with E-state index in [-0.39, 0.29) is 11.9 Å². The van der Waals surface area contributed by atoms with E-state index in [9.17, 15) is 4.79 Å². The predicted octanol–water partition coefficient (Wildman–Crippen LogP) is 5.05. The molecule has 0 saturated carbocycles. The lowest BCUT2D eigenvalue weighted by molar-refractivity contribution is -0.132. The van der Waals surface area contributed by atoms with Gasteiger partial charge < -0.3 is 4.74 Å². The summed E-state index contributed by atoms with van der Waals surface area (Å²) in [7, 11) is 1.63. The molecular formula is C20H18ClN3O2S. The molecule has 3 aromatic rings. The number of amides is 1. The number of halogens is 1. The number of fused-ring (bicyclic) bond motifs is 1. The van der Waals surface area contributed by atoms with Crippen LogP contribution < -0.4 is 4.74 Å². The highest BCUT2D eigenvalue weighted by Crippen LogP contribution is 2.38. The Morgan fingerprint density at radius 3 is 2.93 bits per heavy atom. The van der Waals surface area contributed by atoms with E-state index in [1.807, 2.05) is 48.7 Å². The van der Waals surface area contributed by atoms with Crippen molar-refractivity contribution in [2.45, 2.75) is 25.8 Å². The van der Waals surface area contributed by atoms with E-state index < -0.39 is 0 Å². The number of ether oxygens (including phenoxy) is 1. The second-order valence-corrected chi connectivity index (χ2v) is 7.57. The van der Waals surface area contributed by atoms with E-state index in [0.717, 1.165) is 32.8 Å². The lowest BCUT2D eigenvalue weighted by Gasteiger charge is -2.22. The van der Waals surface area contributed by atoms with Gasteiger partial charge in [-0.25, -0.2) is 9.99 Å². The average Bonchev–Trinajstić information content (AvgIpc) is 3.36. The minimum Gasteiger partial charge on any atom is -0.497 e. The Morgan fingerprint density at radius 2 is 2.22 bits per heavy atom. The van der Waals surface area contributed by atoms with Crippen molar-refractivity contribution in [3.8, 4) is 5.75 Å². The third-order valence-electron chi connectivity index (χ3n) is 4.64. The second kappa shape index (κ2) is 7.29. The van der Waals surface area contributed by atoms with Crippen LogP contribution in [-0.2, 0) is 4.79 Å². The van der Waals surface area contributed by atoms with Crippen LogP contribution in [0.25, 0.3) is 10.9 Å². The van der Waals surface area contributed by atoms with E-state index in [1.165, 1.54) is 0 Å². The molecule has 1 atom stereocenters. The van der Waals surface area contributed by atoms with E-state index in [1.54, 1.807) is 23.5 Å². The summed E-state index contributed by atoms with van der Waals surface area (Å²) in [6, 6.07) is 11.4. The molecule has 7 heteroatoms. The van der Waals surface area contributed by atoms with Crippen molar-refractivity contribution in [3.05, 3.63) is 57.4 Å². The molecule has 1 aliphatic heterocycles. The minimum atomic E-state index is -0.259. The van der Waals surface area contributed by atoms with Crippen molar-refractivity contribution in [2.24, 2.45) is 5.10 Å². The first-order valence-electron chi connectivity index (χ1n) is 8.68. The molecule has 27 heavy (non-hydrogen) atoms. The molecule has 4 rings (SSSR count). The SMILES string of the molecule is CCC(=O)N1N=C(c2cccs2)CC1c1cc2cc(OC)ccc2nc1Cl. The summed E-state index contributed by atoms with van der Waals surface area (Å²) in [4.78, 5) is 18.1. The summed E-state index contributed by atoms with van der Waals surface area (Å²) in [5.41, 5.74) is 2.49. The van der Waals surface area contributed by atoms with Crippen LogP contribution in [-0.4, -0.2) is 28.7 Å². The molecule has 0 aliphatic carbocycles. The number of carbonyl (C=O) groups is 1. The van der Waals surface area contributed by atoms with Gasteiger partial charge in [0.2, 0.25) is 5.91 Å². The highest BCUT2D eigenvalue weighted by atomic mass is 35.5. The quantitative estimate of drug-likeness (QED) is 0.577. The number of hydrazone groups is 1. The third kappa shape index (κ3) is 3.31. The van der Waals surface area contributed by atoms with Crippen molar-refractivity contribution in [1.29, 1.82) is 0 Å². The Kier molecular flexibility index (Phi) is 4.85. The topological polar surface area (TPSA) is 54.8 Å². The van der Waals surface area contributed by atoms with Gasteiger partial charge >= 0.3 is 0 Å². The Bertz CT molecular complexity index is 1030. The first-order valence-corrected chi connectivity index (χ1v) is 9.94. The monoisotopic (exact) mass is 399 g/mol. The van der Waals surface area contributed by atoms with Crippen LogP contribution in [0.15, 0.2) is 46.9 Å². The minimum absolute atomic E-state index is 0.0339. The van der Waals surface area contributed by atoms with Crippen LogP contribution in [0, 0.1) is 0 Å². The zero-order valence-electron chi connectivity index (χ0n) is 15.0. The molecule has 0 N–H and O–H groups in total.